The first-order chi connectivity index (χ1) is 16.9. The Morgan fingerprint density at radius 3 is 2.46 bits per heavy atom. The van der Waals surface area contributed by atoms with Crippen molar-refractivity contribution in [1.29, 1.82) is 0 Å². The number of hydrogen-bond donors (Lipinski definition) is 0. The van der Waals surface area contributed by atoms with E-state index in [0.29, 0.717) is 47.4 Å². The van der Waals surface area contributed by atoms with E-state index in [2.05, 4.69) is 56.4 Å². The first kappa shape index (κ1) is 26.6. The highest BCUT2D eigenvalue weighted by Crippen LogP contribution is 2.66. The Kier molecular flexibility index (Phi) is 8.38. The minimum absolute atomic E-state index is 0.000342. The molecule has 0 spiro atoms. The highest BCUT2D eigenvalue weighted by molar-refractivity contribution is 8.17. The van der Waals surface area contributed by atoms with Gasteiger partial charge in [0.05, 0.1) is 16.8 Å². The molecule has 0 amide bonds. The fourth-order valence-electron chi connectivity index (χ4n) is 8.47. The molecule has 3 saturated carbocycles. The van der Waals surface area contributed by atoms with Crippen LogP contribution in [0.15, 0.2) is 23.3 Å². The van der Waals surface area contributed by atoms with Gasteiger partial charge in [0, 0.05) is 19.6 Å². The Morgan fingerprint density at radius 2 is 1.71 bits per heavy atom. The average Bonchev–Trinajstić information content (AvgIpc) is 3.24. The standard InChI is InChI=1S/C29H46O4S2/c1-19(27-34-13-6-14-35-27)23-9-10-24-22-8-7-20-15-21(32-17-30-4)11-12-28(20,2)25(22)16-26(29(23,24)3)33-18-31-5/h9-10,19-22,25-27H,6-8,11-18H2,1-5H3/t19-,20-,21-,22-,25-,26+,28-,29+/m0/s1. The zero-order valence-corrected chi connectivity index (χ0v) is 24.1. The molecular weight excluding hydrogens is 476 g/mol. The Morgan fingerprint density at radius 1 is 0.971 bits per heavy atom. The van der Waals surface area contributed by atoms with Crippen LogP contribution in [-0.4, -0.2) is 56.1 Å². The van der Waals surface area contributed by atoms with Gasteiger partial charge in [-0.15, -0.1) is 23.5 Å². The van der Waals surface area contributed by atoms with Crippen LogP contribution in [0.3, 0.4) is 0 Å². The Hall–Kier alpha value is 0.0200. The molecule has 0 aromatic rings. The topological polar surface area (TPSA) is 36.9 Å². The average molecular weight is 523 g/mol. The minimum atomic E-state index is -0.000342. The molecule has 1 saturated heterocycles. The third-order valence-corrected chi connectivity index (χ3v) is 13.7. The minimum Gasteiger partial charge on any atom is -0.359 e. The van der Waals surface area contributed by atoms with E-state index >= 15 is 0 Å². The van der Waals surface area contributed by atoms with Gasteiger partial charge in [0.1, 0.15) is 13.6 Å². The fraction of sp³-hybridized carbons (Fsp3) is 0.862. The summed E-state index contributed by atoms with van der Waals surface area (Å²) in [7, 11) is 3.48. The van der Waals surface area contributed by atoms with Crippen LogP contribution in [0.4, 0.5) is 0 Å². The molecule has 8 atom stereocenters. The second-order valence-corrected chi connectivity index (χ2v) is 14.8. The van der Waals surface area contributed by atoms with Crippen molar-refractivity contribution in [3.8, 4) is 0 Å². The molecule has 0 unspecified atom stereocenters. The van der Waals surface area contributed by atoms with Crippen molar-refractivity contribution in [2.45, 2.75) is 82.5 Å². The molecule has 0 aromatic heterocycles. The first-order valence-electron chi connectivity index (χ1n) is 13.8. The molecule has 4 aliphatic carbocycles. The first-order valence-corrected chi connectivity index (χ1v) is 15.9. The normalized spacial score (nSPS) is 42.5. The molecule has 5 rings (SSSR count). The smallest absolute Gasteiger partial charge is 0.146 e. The number of methoxy groups -OCH3 is 2. The predicted octanol–water partition coefficient (Wildman–Crippen LogP) is 6.91. The second-order valence-electron chi connectivity index (χ2n) is 12.0. The summed E-state index contributed by atoms with van der Waals surface area (Å²) in [5.41, 5.74) is 3.64. The van der Waals surface area contributed by atoms with Crippen LogP contribution < -0.4 is 0 Å². The van der Waals surface area contributed by atoms with E-state index in [9.17, 15) is 0 Å². The number of allylic oxidation sites excluding steroid dienone is 2. The zero-order valence-electron chi connectivity index (χ0n) is 22.4. The lowest BCUT2D eigenvalue weighted by atomic mass is 9.45. The van der Waals surface area contributed by atoms with Gasteiger partial charge in [0.2, 0.25) is 0 Å². The number of rotatable bonds is 8. The summed E-state index contributed by atoms with van der Waals surface area (Å²) < 4.78 is 24.0. The zero-order chi connectivity index (χ0) is 24.6. The van der Waals surface area contributed by atoms with Crippen LogP contribution in [0.1, 0.15) is 65.7 Å². The summed E-state index contributed by atoms with van der Waals surface area (Å²) in [4.78, 5) is 0. The van der Waals surface area contributed by atoms with Gasteiger partial charge in [-0.1, -0.05) is 37.1 Å². The van der Waals surface area contributed by atoms with Crippen LogP contribution in [0.25, 0.3) is 0 Å². The number of fused-ring (bicyclic) bond motifs is 5. The third-order valence-electron chi connectivity index (χ3n) is 10.4. The number of hydrogen-bond acceptors (Lipinski definition) is 6. The largest absolute Gasteiger partial charge is 0.359 e. The molecule has 35 heavy (non-hydrogen) atoms. The summed E-state index contributed by atoms with van der Waals surface area (Å²) in [6, 6.07) is 0. The molecule has 6 heteroatoms. The van der Waals surface area contributed by atoms with Gasteiger partial charge in [0.15, 0.2) is 0 Å². The maximum atomic E-state index is 6.61. The van der Waals surface area contributed by atoms with Gasteiger partial charge in [0.25, 0.3) is 0 Å². The summed E-state index contributed by atoms with van der Waals surface area (Å²) in [6.45, 7) is 8.38. The van der Waals surface area contributed by atoms with Crippen molar-refractivity contribution in [1.82, 2.24) is 0 Å². The molecule has 4 nitrogen and oxygen atoms in total. The maximum absolute atomic E-state index is 6.61. The number of thioether (sulfide) groups is 2. The van der Waals surface area contributed by atoms with E-state index in [4.69, 9.17) is 18.9 Å². The van der Waals surface area contributed by atoms with Crippen molar-refractivity contribution >= 4 is 23.5 Å². The third kappa shape index (κ3) is 4.71. The van der Waals surface area contributed by atoms with Gasteiger partial charge in [-0.3, -0.25) is 0 Å². The van der Waals surface area contributed by atoms with E-state index in [1.807, 2.05) is 0 Å². The Balaban J connectivity index is 1.40. The van der Waals surface area contributed by atoms with Gasteiger partial charge >= 0.3 is 0 Å². The van der Waals surface area contributed by atoms with Crippen molar-refractivity contribution in [3.63, 3.8) is 0 Å². The van der Waals surface area contributed by atoms with E-state index in [-0.39, 0.29) is 11.5 Å². The van der Waals surface area contributed by atoms with Crippen molar-refractivity contribution in [2.75, 3.05) is 39.3 Å². The quantitative estimate of drug-likeness (QED) is 0.323. The van der Waals surface area contributed by atoms with E-state index < -0.39 is 0 Å². The summed E-state index contributed by atoms with van der Waals surface area (Å²) in [6.07, 6.45) is 14.3. The monoisotopic (exact) mass is 522 g/mol. The highest BCUT2D eigenvalue weighted by atomic mass is 32.2. The number of ether oxygens (including phenoxy) is 4. The van der Waals surface area contributed by atoms with Crippen LogP contribution in [0.5, 0.6) is 0 Å². The molecule has 4 fully saturated rings. The molecule has 1 heterocycles. The molecule has 1 aliphatic heterocycles. The fourth-order valence-corrected chi connectivity index (χ4v) is 11.6. The molecule has 0 aromatic carbocycles. The van der Waals surface area contributed by atoms with Crippen molar-refractivity contribution < 1.29 is 18.9 Å². The van der Waals surface area contributed by atoms with Gasteiger partial charge in [-0.2, -0.15) is 0 Å². The van der Waals surface area contributed by atoms with Gasteiger partial charge in [-0.25, -0.2) is 0 Å². The molecule has 5 aliphatic rings. The van der Waals surface area contributed by atoms with Crippen molar-refractivity contribution in [3.05, 3.63) is 23.3 Å². The van der Waals surface area contributed by atoms with Crippen LogP contribution >= 0.6 is 23.5 Å². The predicted molar refractivity (Wildman–Crippen MR) is 147 cm³/mol. The summed E-state index contributed by atoms with van der Waals surface area (Å²) in [5.74, 6) is 5.25. The van der Waals surface area contributed by atoms with Gasteiger partial charge in [-0.05, 0) is 92.5 Å². The molecule has 0 N–H and O–H groups in total. The Labute approximate surface area is 221 Å². The van der Waals surface area contributed by atoms with Crippen molar-refractivity contribution in [2.24, 2.45) is 34.5 Å². The maximum Gasteiger partial charge on any atom is 0.146 e. The lowest BCUT2D eigenvalue weighted by molar-refractivity contribution is -0.163. The van der Waals surface area contributed by atoms with Crippen LogP contribution in [0, 0.1) is 34.5 Å². The molecule has 198 valence electrons. The highest BCUT2D eigenvalue weighted by Gasteiger charge is 2.60. The van der Waals surface area contributed by atoms with Crippen LogP contribution in [-0.2, 0) is 18.9 Å². The SMILES string of the molecule is COCO[C@H]1CC[C@@]2(C)[C@@H](CC[C@H]3C4=CC=C([C@H](C)C5SCCCS5)[C@@]4(C)[C@H](OCOC)C[C@@H]32)C1. The molecular formula is C29H46O4S2. The van der Waals surface area contributed by atoms with Gasteiger partial charge < -0.3 is 18.9 Å². The van der Waals surface area contributed by atoms with E-state index in [0.717, 1.165) is 18.8 Å². The second kappa shape index (κ2) is 11.0. The molecule has 0 radical (unpaired) electrons. The summed E-state index contributed by atoms with van der Waals surface area (Å²) in [5, 5.41) is 0. The lowest BCUT2D eigenvalue weighted by Gasteiger charge is -2.61. The van der Waals surface area contributed by atoms with E-state index in [1.54, 1.807) is 25.4 Å². The lowest BCUT2D eigenvalue weighted by Crippen LogP contribution is -2.56. The van der Waals surface area contributed by atoms with E-state index in [1.165, 1.54) is 43.6 Å². The Bertz CT molecular complexity index is 809. The van der Waals surface area contributed by atoms with Crippen LogP contribution in [0.2, 0.25) is 0 Å². The summed E-state index contributed by atoms with van der Waals surface area (Å²) >= 11 is 4.34. The molecule has 0 bridgehead atoms.